The Kier molecular flexibility index (Phi) is 5.01. The lowest BCUT2D eigenvalue weighted by Gasteiger charge is -2.10. The van der Waals surface area contributed by atoms with Crippen LogP contribution >= 0.6 is 11.8 Å². The molecule has 4 nitrogen and oxygen atoms in total. The smallest absolute Gasteiger partial charge is 0.230 e. The molecule has 2 aromatic rings. The molecule has 0 aliphatic rings. The van der Waals surface area contributed by atoms with Gasteiger partial charge in [0.2, 0.25) is 5.91 Å². The second-order valence-electron chi connectivity index (χ2n) is 4.25. The van der Waals surface area contributed by atoms with Crippen molar-refractivity contribution in [3.05, 3.63) is 54.9 Å². The number of thioether (sulfide) groups is 1. The quantitative estimate of drug-likeness (QED) is 0.656. The Bertz CT molecular complexity index is 607. The van der Waals surface area contributed by atoms with E-state index in [1.165, 1.54) is 17.3 Å². The van der Waals surface area contributed by atoms with Gasteiger partial charge in [-0.25, -0.2) is 4.98 Å². The van der Waals surface area contributed by atoms with Crippen LogP contribution < -0.4 is 5.32 Å². The second-order valence-corrected chi connectivity index (χ2v) is 5.19. The number of amides is 1. The Hall–Kier alpha value is -2.01. The molecule has 104 valence electrons. The summed E-state index contributed by atoms with van der Waals surface area (Å²) in [5, 5.41) is 3.56. The standard InChI is InChI=1S/C15H17N3OS/c1-3-8-16-14(19)11-20-15-17-9-10-18(15)13-7-5-4-6-12(13)2/h3-7,9-10H,1,8,11H2,2H3,(H,16,19). The predicted octanol–water partition coefficient (Wildman–Crippen LogP) is 2.58. The highest BCUT2D eigenvalue weighted by molar-refractivity contribution is 7.99. The van der Waals surface area contributed by atoms with Gasteiger partial charge >= 0.3 is 0 Å². The lowest BCUT2D eigenvalue weighted by Crippen LogP contribution is -2.25. The highest BCUT2D eigenvalue weighted by Crippen LogP contribution is 2.22. The van der Waals surface area contributed by atoms with Crippen LogP contribution in [0.5, 0.6) is 0 Å². The number of carbonyl (C=O) groups excluding carboxylic acids is 1. The van der Waals surface area contributed by atoms with Crippen molar-refractivity contribution in [3.63, 3.8) is 0 Å². The Labute approximate surface area is 122 Å². The molecule has 0 spiro atoms. The summed E-state index contributed by atoms with van der Waals surface area (Å²) in [5.41, 5.74) is 2.25. The van der Waals surface area contributed by atoms with E-state index in [4.69, 9.17) is 0 Å². The van der Waals surface area contributed by atoms with Crippen LogP contribution in [0.4, 0.5) is 0 Å². The van der Waals surface area contributed by atoms with E-state index in [-0.39, 0.29) is 5.91 Å². The monoisotopic (exact) mass is 287 g/mol. The maximum atomic E-state index is 11.6. The highest BCUT2D eigenvalue weighted by atomic mass is 32.2. The topological polar surface area (TPSA) is 46.9 Å². The van der Waals surface area contributed by atoms with Gasteiger partial charge < -0.3 is 5.32 Å². The fraction of sp³-hybridized carbons (Fsp3) is 0.200. The first-order chi connectivity index (χ1) is 9.72. The van der Waals surface area contributed by atoms with E-state index in [0.717, 1.165) is 10.8 Å². The number of imidazole rings is 1. The molecule has 0 bridgehead atoms. The molecule has 1 aromatic heterocycles. The molecule has 0 saturated carbocycles. The Balaban J connectivity index is 2.08. The van der Waals surface area contributed by atoms with Crippen molar-refractivity contribution in [2.45, 2.75) is 12.1 Å². The van der Waals surface area contributed by atoms with Crippen LogP contribution in [0.25, 0.3) is 5.69 Å². The molecule has 0 radical (unpaired) electrons. The van der Waals surface area contributed by atoms with Crippen molar-refractivity contribution in [2.24, 2.45) is 0 Å². The van der Waals surface area contributed by atoms with Gasteiger partial charge in [0.15, 0.2) is 5.16 Å². The van der Waals surface area contributed by atoms with Crippen molar-refractivity contribution in [2.75, 3.05) is 12.3 Å². The summed E-state index contributed by atoms with van der Waals surface area (Å²) in [5.74, 6) is 0.325. The highest BCUT2D eigenvalue weighted by Gasteiger charge is 2.09. The third-order valence-electron chi connectivity index (χ3n) is 2.76. The van der Waals surface area contributed by atoms with E-state index in [9.17, 15) is 4.79 Å². The zero-order chi connectivity index (χ0) is 14.4. The van der Waals surface area contributed by atoms with Gasteiger partial charge in [-0.1, -0.05) is 36.0 Å². The molecule has 20 heavy (non-hydrogen) atoms. The number of hydrogen-bond donors (Lipinski definition) is 1. The number of hydrogen-bond acceptors (Lipinski definition) is 3. The Morgan fingerprint density at radius 2 is 2.30 bits per heavy atom. The van der Waals surface area contributed by atoms with Crippen LogP contribution in [0.15, 0.2) is 54.5 Å². The van der Waals surface area contributed by atoms with Crippen LogP contribution in [0.3, 0.4) is 0 Å². The van der Waals surface area contributed by atoms with Crippen molar-refractivity contribution < 1.29 is 4.79 Å². The number of nitrogens with one attached hydrogen (secondary N) is 1. The van der Waals surface area contributed by atoms with Crippen LogP contribution in [-0.4, -0.2) is 27.8 Å². The van der Waals surface area contributed by atoms with E-state index in [1.807, 2.05) is 29.0 Å². The number of aromatic nitrogens is 2. The van der Waals surface area contributed by atoms with Crippen LogP contribution in [-0.2, 0) is 4.79 Å². The first kappa shape index (κ1) is 14.4. The molecule has 2 rings (SSSR count). The maximum absolute atomic E-state index is 11.6. The summed E-state index contributed by atoms with van der Waals surface area (Å²) in [6, 6.07) is 8.10. The van der Waals surface area contributed by atoms with Gasteiger partial charge in [-0.05, 0) is 18.6 Å². The minimum absolute atomic E-state index is 0.0192. The van der Waals surface area contributed by atoms with E-state index >= 15 is 0 Å². The average Bonchev–Trinajstić information content (AvgIpc) is 2.91. The number of rotatable bonds is 6. The first-order valence-corrected chi connectivity index (χ1v) is 7.30. The van der Waals surface area contributed by atoms with Gasteiger partial charge in [0.05, 0.1) is 11.4 Å². The molecule has 1 aromatic carbocycles. The van der Waals surface area contributed by atoms with E-state index in [2.05, 4.69) is 29.9 Å². The minimum atomic E-state index is -0.0192. The van der Waals surface area contributed by atoms with Crippen LogP contribution in [0.1, 0.15) is 5.56 Å². The zero-order valence-corrected chi connectivity index (χ0v) is 12.2. The third kappa shape index (κ3) is 3.51. The van der Waals surface area contributed by atoms with Crippen molar-refractivity contribution in [1.29, 1.82) is 0 Å². The van der Waals surface area contributed by atoms with Crippen LogP contribution in [0, 0.1) is 6.92 Å². The molecule has 1 amide bonds. The Morgan fingerprint density at radius 3 is 3.05 bits per heavy atom. The van der Waals surface area contributed by atoms with E-state index < -0.39 is 0 Å². The summed E-state index contributed by atoms with van der Waals surface area (Å²) < 4.78 is 2.00. The normalized spacial score (nSPS) is 10.2. The van der Waals surface area contributed by atoms with Crippen LogP contribution in [0.2, 0.25) is 0 Å². The fourth-order valence-electron chi connectivity index (χ4n) is 1.78. The average molecular weight is 287 g/mol. The molecule has 0 saturated heterocycles. The minimum Gasteiger partial charge on any atom is -0.352 e. The molecule has 0 aliphatic carbocycles. The summed E-state index contributed by atoms with van der Waals surface area (Å²) in [7, 11) is 0. The van der Waals surface area contributed by atoms with Gasteiger partial charge in [0.25, 0.3) is 0 Å². The summed E-state index contributed by atoms with van der Waals surface area (Å²) in [6.45, 7) is 6.12. The molecular weight excluding hydrogens is 270 g/mol. The summed E-state index contributed by atoms with van der Waals surface area (Å²) in [6.07, 6.45) is 5.32. The lowest BCUT2D eigenvalue weighted by molar-refractivity contribution is -0.118. The molecule has 0 atom stereocenters. The molecule has 0 aliphatic heterocycles. The number of nitrogens with zero attached hydrogens (tertiary/aromatic N) is 2. The molecule has 0 unspecified atom stereocenters. The summed E-state index contributed by atoms with van der Waals surface area (Å²) >= 11 is 1.42. The van der Waals surface area contributed by atoms with Gasteiger partial charge in [-0.3, -0.25) is 9.36 Å². The maximum Gasteiger partial charge on any atom is 0.230 e. The molecule has 1 N–H and O–H groups in total. The second kappa shape index (κ2) is 6.96. The Morgan fingerprint density at radius 1 is 1.50 bits per heavy atom. The lowest BCUT2D eigenvalue weighted by atomic mass is 10.2. The molecule has 1 heterocycles. The predicted molar refractivity (Wildman–Crippen MR) is 82.2 cm³/mol. The largest absolute Gasteiger partial charge is 0.352 e. The van der Waals surface area contributed by atoms with Crippen molar-refractivity contribution in [1.82, 2.24) is 14.9 Å². The van der Waals surface area contributed by atoms with E-state index in [0.29, 0.717) is 12.3 Å². The van der Waals surface area contributed by atoms with Crippen molar-refractivity contribution >= 4 is 17.7 Å². The van der Waals surface area contributed by atoms with Gasteiger partial charge in [-0.2, -0.15) is 0 Å². The third-order valence-corrected chi connectivity index (χ3v) is 3.72. The zero-order valence-electron chi connectivity index (χ0n) is 11.4. The van der Waals surface area contributed by atoms with Gasteiger partial charge in [-0.15, -0.1) is 6.58 Å². The van der Waals surface area contributed by atoms with Gasteiger partial charge in [0, 0.05) is 18.9 Å². The SMILES string of the molecule is C=CCNC(=O)CSc1nccn1-c1ccccc1C. The number of carbonyl (C=O) groups is 1. The summed E-state index contributed by atoms with van der Waals surface area (Å²) in [4.78, 5) is 15.9. The number of para-hydroxylation sites is 1. The van der Waals surface area contributed by atoms with Gasteiger partial charge in [0.1, 0.15) is 0 Å². The van der Waals surface area contributed by atoms with Crippen molar-refractivity contribution in [3.8, 4) is 5.69 Å². The fourth-order valence-corrected chi connectivity index (χ4v) is 2.58. The molecular formula is C15H17N3OS. The van der Waals surface area contributed by atoms with E-state index in [1.54, 1.807) is 12.3 Å². The first-order valence-electron chi connectivity index (χ1n) is 6.32. The number of benzene rings is 1. The number of aryl methyl sites for hydroxylation is 1. The molecule has 0 fully saturated rings. The molecule has 5 heteroatoms.